The Bertz CT molecular complexity index is 713. The fraction of sp³-hybridized carbons (Fsp3) is 0.421. The van der Waals surface area contributed by atoms with Crippen LogP contribution in [0, 0.1) is 0 Å². The van der Waals surface area contributed by atoms with Gasteiger partial charge in [-0.2, -0.15) is 0 Å². The number of likely N-dealkylation sites (N-methyl/N-ethyl adjacent to an activating group) is 1. The maximum absolute atomic E-state index is 11.9. The summed E-state index contributed by atoms with van der Waals surface area (Å²) < 4.78 is 15.7. The van der Waals surface area contributed by atoms with Crippen molar-refractivity contribution in [3.63, 3.8) is 0 Å². The third kappa shape index (κ3) is 7.18. The van der Waals surface area contributed by atoms with Crippen molar-refractivity contribution in [3.8, 4) is 17.2 Å². The van der Waals surface area contributed by atoms with Gasteiger partial charge in [0.1, 0.15) is 0 Å². The number of hydrazine groups is 2. The number of ether oxygens (including phenoxy) is 3. The Kier molecular flexibility index (Phi) is 9.09. The summed E-state index contributed by atoms with van der Waals surface area (Å²) >= 11 is 0. The SMILES string of the molecule is CNCC1=CN(CCOCCNC(=O)/C=C/c2cc(OC)c(O)c(OC)c2)NN1. The van der Waals surface area contributed by atoms with Crippen LogP contribution in [0.3, 0.4) is 0 Å². The largest absolute Gasteiger partial charge is 0.502 e. The average Bonchev–Trinajstić information content (AvgIpc) is 3.17. The lowest BCUT2D eigenvalue weighted by molar-refractivity contribution is -0.116. The summed E-state index contributed by atoms with van der Waals surface area (Å²) in [6.07, 6.45) is 4.99. The minimum absolute atomic E-state index is 0.0811. The molecule has 5 N–H and O–H groups in total. The van der Waals surface area contributed by atoms with Crippen molar-refractivity contribution in [2.75, 3.05) is 54.1 Å². The Morgan fingerprint density at radius 1 is 1.24 bits per heavy atom. The molecule has 0 saturated carbocycles. The minimum atomic E-state index is -0.246. The molecule has 0 atom stereocenters. The van der Waals surface area contributed by atoms with Gasteiger partial charge in [-0.3, -0.25) is 9.80 Å². The number of nitrogens with one attached hydrogen (secondary N) is 4. The van der Waals surface area contributed by atoms with Crippen LogP contribution in [-0.2, 0) is 9.53 Å². The lowest BCUT2D eigenvalue weighted by Crippen LogP contribution is -2.39. The summed E-state index contributed by atoms with van der Waals surface area (Å²) in [6.45, 7) is 2.77. The molecule has 1 aromatic carbocycles. The van der Waals surface area contributed by atoms with Gasteiger partial charge in [-0.15, -0.1) is 5.53 Å². The predicted molar refractivity (Wildman–Crippen MR) is 109 cm³/mol. The Morgan fingerprint density at radius 3 is 2.62 bits per heavy atom. The molecule has 0 radical (unpaired) electrons. The van der Waals surface area contributed by atoms with E-state index in [1.807, 2.05) is 18.3 Å². The monoisotopic (exact) mass is 407 g/mol. The molecule has 29 heavy (non-hydrogen) atoms. The molecule has 0 aliphatic carbocycles. The van der Waals surface area contributed by atoms with Gasteiger partial charge >= 0.3 is 0 Å². The molecule has 1 aliphatic rings. The average molecular weight is 407 g/mol. The zero-order valence-corrected chi connectivity index (χ0v) is 16.9. The summed E-state index contributed by atoms with van der Waals surface area (Å²) in [7, 11) is 4.78. The number of methoxy groups -OCH3 is 2. The number of hydrogen-bond acceptors (Lipinski definition) is 9. The first-order valence-electron chi connectivity index (χ1n) is 9.19. The fourth-order valence-electron chi connectivity index (χ4n) is 2.55. The molecule has 10 heteroatoms. The standard InChI is InChI=1S/C19H29N5O5/c1-20-12-15-13-24(23-22-15)7-9-29-8-6-21-18(25)5-4-14-10-16(27-2)19(26)17(11-14)28-3/h4-5,10-11,13,20,22-23,26H,6-9,12H2,1-3H3,(H,21,25)/b5-4+. The van der Waals surface area contributed by atoms with Crippen LogP contribution in [0.15, 0.2) is 30.1 Å². The summed E-state index contributed by atoms with van der Waals surface area (Å²) in [5.74, 6) is 0.217. The van der Waals surface area contributed by atoms with Gasteiger partial charge in [-0.25, -0.2) is 0 Å². The highest BCUT2D eigenvalue weighted by Crippen LogP contribution is 2.37. The lowest BCUT2D eigenvalue weighted by atomic mass is 10.1. The normalized spacial score (nSPS) is 13.3. The van der Waals surface area contributed by atoms with E-state index < -0.39 is 0 Å². The number of carbonyl (C=O) groups is 1. The summed E-state index contributed by atoms with van der Waals surface area (Å²) in [5.41, 5.74) is 7.77. The van der Waals surface area contributed by atoms with Crippen molar-refractivity contribution < 1.29 is 24.1 Å². The number of phenols is 1. The van der Waals surface area contributed by atoms with E-state index in [1.165, 1.54) is 20.3 Å². The van der Waals surface area contributed by atoms with Gasteiger partial charge in [-0.1, -0.05) is 0 Å². The van der Waals surface area contributed by atoms with E-state index in [9.17, 15) is 9.90 Å². The molecule has 0 saturated heterocycles. The van der Waals surface area contributed by atoms with Crippen molar-refractivity contribution in [1.82, 2.24) is 26.6 Å². The van der Waals surface area contributed by atoms with Crippen LogP contribution < -0.4 is 31.1 Å². The van der Waals surface area contributed by atoms with Crippen molar-refractivity contribution in [2.45, 2.75) is 0 Å². The quantitative estimate of drug-likeness (QED) is 0.240. The predicted octanol–water partition coefficient (Wildman–Crippen LogP) is -0.0590. The van der Waals surface area contributed by atoms with Crippen LogP contribution >= 0.6 is 0 Å². The van der Waals surface area contributed by atoms with Gasteiger partial charge in [0.15, 0.2) is 11.5 Å². The second-order valence-corrected chi connectivity index (χ2v) is 6.13. The minimum Gasteiger partial charge on any atom is -0.502 e. The van der Waals surface area contributed by atoms with Crippen LogP contribution in [0.5, 0.6) is 17.2 Å². The molecule has 0 bridgehead atoms. The lowest BCUT2D eigenvalue weighted by Gasteiger charge is -2.14. The topological polar surface area (TPSA) is 116 Å². The van der Waals surface area contributed by atoms with Crippen LogP contribution in [0.4, 0.5) is 0 Å². The first-order chi connectivity index (χ1) is 14.1. The van der Waals surface area contributed by atoms with E-state index >= 15 is 0 Å². The van der Waals surface area contributed by atoms with Crippen LogP contribution in [0.2, 0.25) is 0 Å². The van der Waals surface area contributed by atoms with Crippen molar-refractivity contribution in [2.24, 2.45) is 0 Å². The number of amides is 1. The Morgan fingerprint density at radius 2 is 1.97 bits per heavy atom. The van der Waals surface area contributed by atoms with E-state index in [2.05, 4.69) is 21.6 Å². The van der Waals surface area contributed by atoms with Crippen molar-refractivity contribution in [1.29, 1.82) is 0 Å². The summed E-state index contributed by atoms with van der Waals surface area (Å²) in [5, 5.41) is 17.6. The fourth-order valence-corrected chi connectivity index (χ4v) is 2.55. The zero-order valence-electron chi connectivity index (χ0n) is 16.9. The van der Waals surface area contributed by atoms with Crippen LogP contribution in [0.1, 0.15) is 5.56 Å². The Labute approximate surface area is 170 Å². The van der Waals surface area contributed by atoms with Gasteiger partial charge in [0.05, 0.1) is 39.7 Å². The molecule has 2 rings (SSSR count). The molecule has 160 valence electrons. The molecule has 0 fully saturated rings. The molecule has 0 aromatic heterocycles. The van der Waals surface area contributed by atoms with Crippen molar-refractivity contribution >= 4 is 12.0 Å². The highest BCUT2D eigenvalue weighted by atomic mass is 16.5. The van der Waals surface area contributed by atoms with E-state index in [1.54, 1.807) is 18.2 Å². The van der Waals surface area contributed by atoms with E-state index in [4.69, 9.17) is 14.2 Å². The van der Waals surface area contributed by atoms with Gasteiger partial charge < -0.3 is 35.4 Å². The second-order valence-electron chi connectivity index (χ2n) is 6.13. The molecule has 10 nitrogen and oxygen atoms in total. The number of aromatic hydroxyl groups is 1. The van der Waals surface area contributed by atoms with Gasteiger partial charge in [0, 0.05) is 25.4 Å². The third-order valence-corrected chi connectivity index (χ3v) is 3.99. The molecule has 1 aromatic rings. The van der Waals surface area contributed by atoms with Gasteiger partial charge in [-0.05, 0) is 30.8 Å². The van der Waals surface area contributed by atoms with E-state index in [0.717, 1.165) is 12.2 Å². The summed E-state index contributed by atoms with van der Waals surface area (Å²) in [6, 6.07) is 3.23. The number of nitrogens with zero attached hydrogens (tertiary/aromatic N) is 1. The molecular weight excluding hydrogens is 378 g/mol. The van der Waals surface area contributed by atoms with Gasteiger partial charge in [0.2, 0.25) is 11.7 Å². The van der Waals surface area contributed by atoms with E-state index in [-0.39, 0.29) is 23.2 Å². The molecule has 0 spiro atoms. The van der Waals surface area contributed by atoms with Gasteiger partial charge in [0.25, 0.3) is 0 Å². The highest BCUT2D eigenvalue weighted by Gasteiger charge is 2.10. The number of carbonyl (C=O) groups excluding carboxylic acids is 1. The highest BCUT2D eigenvalue weighted by molar-refractivity contribution is 5.91. The van der Waals surface area contributed by atoms with Crippen LogP contribution in [-0.4, -0.2) is 70.1 Å². The Hall–Kier alpha value is -2.95. The smallest absolute Gasteiger partial charge is 0.244 e. The first kappa shape index (κ1) is 22.3. The third-order valence-electron chi connectivity index (χ3n) is 3.99. The van der Waals surface area contributed by atoms with Crippen LogP contribution in [0.25, 0.3) is 6.08 Å². The molecule has 1 aliphatic heterocycles. The zero-order chi connectivity index (χ0) is 21.1. The molecule has 1 amide bonds. The second kappa shape index (κ2) is 11.8. The number of benzene rings is 1. The Balaban J connectivity index is 1.66. The maximum Gasteiger partial charge on any atom is 0.244 e. The first-order valence-corrected chi connectivity index (χ1v) is 9.19. The number of hydrogen-bond donors (Lipinski definition) is 5. The molecular formula is C19H29N5O5. The van der Waals surface area contributed by atoms with Crippen molar-refractivity contribution in [3.05, 3.63) is 35.7 Å². The van der Waals surface area contributed by atoms with E-state index in [0.29, 0.717) is 31.9 Å². The maximum atomic E-state index is 11.9. The number of rotatable bonds is 12. The number of phenolic OH excluding ortho intramolecular Hbond substituents is 1. The molecule has 0 unspecified atom stereocenters. The molecule has 1 heterocycles. The summed E-state index contributed by atoms with van der Waals surface area (Å²) in [4.78, 5) is 11.9.